The summed E-state index contributed by atoms with van der Waals surface area (Å²) in [5, 5.41) is 0. The Morgan fingerprint density at radius 2 is 0.714 bits per heavy atom. The third-order valence-electron chi connectivity index (χ3n) is 7.37. The van der Waals surface area contributed by atoms with Crippen molar-refractivity contribution in [1.29, 1.82) is 0 Å². The summed E-state index contributed by atoms with van der Waals surface area (Å²) in [6.07, 6.45) is 17.6. The molecule has 28 heavy (non-hydrogen) atoms. The molecule has 4 unspecified atom stereocenters. The van der Waals surface area contributed by atoms with E-state index in [9.17, 15) is 0 Å². The summed E-state index contributed by atoms with van der Waals surface area (Å²) in [4.78, 5) is 0. The van der Waals surface area contributed by atoms with Gasteiger partial charge in [0.2, 0.25) is 0 Å². The lowest BCUT2D eigenvalue weighted by Crippen LogP contribution is -2.29. The Hall–Kier alpha value is 0.860. The summed E-state index contributed by atoms with van der Waals surface area (Å²) in [5.41, 5.74) is 6.11. The third-order valence-corrected chi connectivity index (χ3v) is 15.2. The van der Waals surface area contributed by atoms with Crippen molar-refractivity contribution in [1.82, 2.24) is 0 Å². The SMILES string of the molecule is CCCC(C)P(C(C)CCC)C1CCC(P(C(C)CCC)C(C)CCC)CC1. The second-order valence-corrected chi connectivity index (χ2v) is 16.7. The highest BCUT2D eigenvalue weighted by atomic mass is 31.1. The van der Waals surface area contributed by atoms with Gasteiger partial charge in [0, 0.05) is 0 Å². The van der Waals surface area contributed by atoms with E-state index >= 15 is 0 Å². The molecule has 1 aliphatic rings. The van der Waals surface area contributed by atoms with Crippen molar-refractivity contribution in [2.45, 2.75) is 166 Å². The van der Waals surface area contributed by atoms with Crippen molar-refractivity contribution in [2.75, 3.05) is 0 Å². The van der Waals surface area contributed by atoms with Crippen LogP contribution in [0.15, 0.2) is 0 Å². The average Bonchev–Trinajstić information content (AvgIpc) is 2.64. The van der Waals surface area contributed by atoms with E-state index in [1.54, 1.807) is 25.7 Å². The van der Waals surface area contributed by atoms with E-state index < -0.39 is 0 Å². The normalized spacial score (nSPS) is 27.0. The Bertz CT molecular complexity index is 315. The third kappa shape index (κ3) is 8.18. The lowest BCUT2D eigenvalue weighted by Gasteiger charge is -2.45. The summed E-state index contributed by atoms with van der Waals surface area (Å²) in [5.74, 6) is 0. The molecule has 2 heteroatoms. The van der Waals surface area contributed by atoms with Gasteiger partial charge < -0.3 is 0 Å². The van der Waals surface area contributed by atoms with Crippen molar-refractivity contribution in [3.8, 4) is 0 Å². The van der Waals surface area contributed by atoms with Crippen molar-refractivity contribution < 1.29 is 0 Å². The first kappa shape index (κ1) is 26.9. The van der Waals surface area contributed by atoms with E-state index in [-0.39, 0.29) is 15.8 Å². The first-order chi connectivity index (χ1) is 13.4. The van der Waals surface area contributed by atoms with Gasteiger partial charge in [0.05, 0.1) is 0 Å². The minimum absolute atomic E-state index is 0.212. The molecule has 0 saturated heterocycles. The molecule has 1 saturated carbocycles. The van der Waals surface area contributed by atoms with Crippen LogP contribution in [0.5, 0.6) is 0 Å². The van der Waals surface area contributed by atoms with Crippen LogP contribution in [0, 0.1) is 0 Å². The maximum Gasteiger partial charge on any atom is -0.0204 e. The lowest BCUT2D eigenvalue weighted by atomic mass is 9.99. The van der Waals surface area contributed by atoms with Crippen LogP contribution in [0.1, 0.15) is 132 Å². The molecule has 0 amide bonds. The van der Waals surface area contributed by atoms with Gasteiger partial charge in [0.25, 0.3) is 0 Å². The lowest BCUT2D eigenvalue weighted by molar-refractivity contribution is 0.504. The van der Waals surface area contributed by atoms with Gasteiger partial charge in [-0.15, -0.1) is 0 Å². The highest BCUT2D eigenvalue weighted by Crippen LogP contribution is 2.62. The van der Waals surface area contributed by atoms with Crippen LogP contribution < -0.4 is 0 Å². The fourth-order valence-corrected chi connectivity index (χ4v) is 14.9. The molecule has 0 radical (unpaired) electrons. The van der Waals surface area contributed by atoms with Gasteiger partial charge in [-0.25, -0.2) is 0 Å². The molecule has 0 aliphatic heterocycles. The summed E-state index contributed by atoms with van der Waals surface area (Å²) < 4.78 is 0. The number of hydrogen-bond acceptors (Lipinski definition) is 0. The van der Waals surface area contributed by atoms with Gasteiger partial charge in [0.1, 0.15) is 0 Å². The molecule has 0 aromatic carbocycles. The predicted octanol–water partition coefficient (Wildman–Crippen LogP) is 10.0. The van der Waals surface area contributed by atoms with Gasteiger partial charge >= 0.3 is 0 Å². The Balaban J connectivity index is 2.81. The molecule has 4 atom stereocenters. The molecule has 1 fully saturated rings. The van der Waals surface area contributed by atoms with Gasteiger partial charge in [-0.3, -0.25) is 0 Å². The summed E-state index contributed by atoms with van der Waals surface area (Å²) in [6, 6.07) is 0. The smallest absolute Gasteiger partial charge is 0.0204 e. The van der Waals surface area contributed by atoms with Crippen LogP contribution in [0.2, 0.25) is 0 Å². The van der Waals surface area contributed by atoms with Gasteiger partial charge in [-0.1, -0.05) is 96.9 Å². The number of hydrogen-bond donors (Lipinski definition) is 0. The van der Waals surface area contributed by atoms with Crippen molar-refractivity contribution >= 4 is 15.8 Å². The zero-order chi connectivity index (χ0) is 21.1. The second kappa shape index (κ2) is 14.8. The highest BCUT2D eigenvalue weighted by Gasteiger charge is 2.37. The standard InChI is InChI=1S/C26H54P2/c1-9-13-21(5)27(22(6)14-10-2)25-17-19-26(20-18-25)28(23(7)15-11-3)24(8)16-12-4/h21-26H,9-20H2,1-8H3. The van der Waals surface area contributed by atoms with E-state index in [4.69, 9.17) is 0 Å². The van der Waals surface area contributed by atoms with Gasteiger partial charge in [-0.05, 0) is 85.3 Å². The average molecular weight is 429 g/mol. The van der Waals surface area contributed by atoms with Crippen LogP contribution in [0.4, 0.5) is 0 Å². The Labute approximate surface area is 182 Å². The molecule has 0 spiro atoms. The van der Waals surface area contributed by atoms with E-state index in [2.05, 4.69) is 55.4 Å². The maximum atomic E-state index is 2.60. The maximum absolute atomic E-state index is 2.60. The monoisotopic (exact) mass is 428 g/mol. The van der Waals surface area contributed by atoms with Gasteiger partial charge in [-0.2, -0.15) is 0 Å². The molecule has 0 nitrogen and oxygen atoms in total. The fraction of sp³-hybridized carbons (Fsp3) is 1.00. The first-order valence-electron chi connectivity index (χ1n) is 13.0. The molecule has 0 N–H and O–H groups in total. The summed E-state index contributed by atoms with van der Waals surface area (Å²) in [6.45, 7) is 20.0. The molecule has 0 aromatic rings. The highest BCUT2D eigenvalue weighted by molar-refractivity contribution is 7.60. The zero-order valence-corrected chi connectivity index (χ0v) is 22.6. The van der Waals surface area contributed by atoms with Crippen molar-refractivity contribution in [2.24, 2.45) is 0 Å². The first-order valence-corrected chi connectivity index (χ1v) is 16.1. The zero-order valence-electron chi connectivity index (χ0n) is 20.8. The van der Waals surface area contributed by atoms with Crippen LogP contribution in [0.3, 0.4) is 0 Å². The quantitative estimate of drug-likeness (QED) is 0.241. The molecule has 0 bridgehead atoms. The molecule has 0 aromatic heterocycles. The molecule has 1 rings (SSSR count). The van der Waals surface area contributed by atoms with Crippen LogP contribution in [-0.2, 0) is 0 Å². The molecular weight excluding hydrogens is 374 g/mol. The predicted molar refractivity (Wildman–Crippen MR) is 137 cm³/mol. The summed E-state index contributed by atoms with van der Waals surface area (Å²) >= 11 is 0. The van der Waals surface area contributed by atoms with Crippen LogP contribution >= 0.6 is 15.8 Å². The van der Waals surface area contributed by atoms with E-state index in [1.807, 2.05) is 0 Å². The molecule has 168 valence electrons. The molecular formula is C26H54P2. The van der Waals surface area contributed by atoms with E-state index in [0.29, 0.717) is 0 Å². The van der Waals surface area contributed by atoms with Crippen LogP contribution in [0.25, 0.3) is 0 Å². The molecule has 1 aliphatic carbocycles. The fourth-order valence-electron chi connectivity index (χ4n) is 6.23. The second-order valence-electron chi connectivity index (χ2n) is 9.91. The van der Waals surface area contributed by atoms with E-state index in [0.717, 1.165) is 34.0 Å². The topological polar surface area (TPSA) is 0 Å². The van der Waals surface area contributed by atoms with Crippen molar-refractivity contribution in [3.05, 3.63) is 0 Å². The van der Waals surface area contributed by atoms with Crippen molar-refractivity contribution in [3.63, 3.8) is 0 Å². The largest absolute Gasteiger partial charge is 0.0977 e. The Kier molecular flexibility index (Phi) is 14.2. The Morgan fingerprint density at radius 3 is 0.893 bits per heavy atom. The number of rotatable bonds is 14. The molecule has 0 heterocycles. The minimum Gasteiger partial charge on any atom is -0.0977 e. The van der Waals surface area contributed by atoms with Gasteiger partial charge in [0.15, 0.2) is 0 Å². The van der Waals surface area contributed by atoms with E-state index in [1.165, 1.54) is 51.4 Å². The Morgan fingerprint density at radius 1 is 0.500 bits per heavy atom. The van der Waals surface area contributed by atoms with Crippen LogP contribution in [-0.4, -0.2) is 34.0 Å². The summed E-state index contributed by atoms with van der Waals surface area (Å²) in [7, 11) is 0.424. The minimum atomic E-state index is 0.212.